The molecule has 1 fully saturated rings. The van der Waals surface area contributed by atoms with Crippen molar-refractivity contribution in [1.82, 2.24) is 0 Å². The van der Waals surface area contributed by atoms with E-state index in [1.54, 1.807) is 0 Å². The molecule has 6 unspecified atom stereocenters. The summed E-state index contributed by atoms with van der Waals surface area (Å²) in [6, 6.07) is 0. The van der Waals surface area contributed by atoms with Gasteiger partial charge in [0.25, 0.3) is 0 Å². The van der Waals surface area contributed by atoms with Gasteiger partial charge in [-0.05, 0) is 103 Å². The molecule has 0 aliphatic carbocycles. The summed E-state index contributed by atoms with van der Waals surface area (Å²) in [7, 11) is 0. The zero-order chi connectivity index (χ0) is 56.1. The second-order valence-corrected chi connectivity index (χ2v) is 20.2. The van der Waals surface area contributed by atoms with Gasteiger partial charge >= 0.3 is 23.9 Å². The molecule has 0 saturated carbocycles. The van der Waals surface area contributed by atoms with Gasteiger partial charge in [0, 0.05) is 19.3 Å². The van der Waals surface area contributed by atoms with E-state index in [0.29, 0.717) is 25.7 Å². The van der Waals surface area contributed by atoms with Gasteiger partial charge in [-0.2, -0.15) is 0 Å². The second kappa shape index (κ2) is 52.3. The van der Waals surface area contributed by atoms with Gasteiger partial charge in [-0.15, -0.1) is 0 Å². The molecule has 6 atom stereocenters. The minimum absolute atomic E-state index is 0.0654. The molecule has 0 aromatic rings. The third-order valence-electron chi connectivity index (χ3n) is 13.1. The molecule has 1 heterocycles. The Kier molecular flexibility index (Phi) is 48.0. The number of esters is 3. The van der Waals surface area contributed by atoms with Crippen molar-refractivity contribution in [2.45, 2.75) is 276 Å². The zero-order valence-corrected chi connectivity index (χ0v) is 48.2. The lowest BCUT2D eigenvalue weighted by Crippen LogP contribution is -2.61. The van der Waals surface area contributed by atoms with E-state index in [0.717, 1.165) is 109 Å². The highest BCUT2D eigenvalue weighted by Crippen LogP contribution is 2.26. The molecule has 0 amide bonds. The normalized spacial score (nSPS) is 18.7. The monoisotopic (exact) mass is 1080 g/mol. The highest BCUT2D eigenvalue weighted by Gasteiger charge is 2.50. The van der Waals surface area contributed by atoms with Crippen LogP contribution in [0, 0.1) is 0 Å². The number of aliphatic carboxylic acids is 1. The number of hydrogen-bond acceptors (Lipinski definition) is 11. The third kappa shape index (κ3) is 42.3. The van der Waals surface area contributed by atoms with Crippen LogP contribution in [0.5, 0.6) is 0 Å². The lowest BCUT2D eigenvalue weighted by Gasteiger charge is -2.40. The summed E-state index contributed by atoms with van der Waals surface area (Å²) in [6.45, 7) is 5.72. The number of carboxylic acid groups (broad SMARTS) is 1. The van der Waals surface area contributed by atoms with Crippen molar-refractivity contribution < 1.29 is 58.2 Å². The maximum atomic E-state index is 13.2. The molecule has 77 heavy (non-hydrogen) atoms. The van der Waals surface area contributed by atoms with Crippen LogP contribution < -0.4 is 0 Å². The van der Waals surface area contributed by atoms with Crippen LogP contribution in [-0.4, -0.2) is 89.2 Å². The van der Waals surface area contributed by atoms with Crippen LogP contribution >= 0.6 is 0 Å². The van der Waals surface area contributed by atoms with Crippen molar-refractivity contribution in [3.8, 4) is 0 Å². The van der Waals surface area contributed by atoms with Gasteiger partial charge in [-0.3, -0.25) is 14.4 Å². The average molecular weight is 1080 g/mol. The maximum absolute atomic E-state index is 13.2. The van der Waals surface area contributed by atoms with E-state index in [4.69, 9.17) is 23.7 Å². The van der Waals surface area contributed by atoms with E-state index < -0.39 is 67.3 Å². The standard InChI is InChI=1S/C65H106O12/c1-4-7-10-13-16-19-22-25-27-29-31-34-36-39-42-45-48-51-57(66)73-54-56(75-58(67)52-49-46-43-40-38-35-32-30-28-26-23-20-17-14-11-8-5-2)55-74-65-63(61(70)60(69)62(77-65)64(71)72)76-59(68)53-50-47-44-41-37-33-24-21-18-15-12-9-6-3/h7,9-10,12,16,18-19,21,25-28,33,37,44,47,56,60-63,65,69-70H,4-6,8,11,13-15,17,20,22-24,29-32,34-36,38-43,45-46,48-55H2,1-3H3,(H,71,72)/b10-7-,12-9-,19-16-,21-18-,27-25-,28-26-,37-33-,47-44-. The zero-order valence-electron chi connectivity index (χ0n) is 48.2. The largest absolute Gasteiger partial charge is 0.479 e. The van der Waals surface area contributed by atoms with E-state index in [2.05, 4.69) is 99.8 Å². The molecule has 438 valence electrons. The molecule has 1 aliphatic heterocycles. The number of aliphatic hydroxyl groups excluding tert-OH is 2. The Morgan fingerprint density at radius 1 is 0.442 bits per heavy atom. The first-order valence-electron chi connectivity index (χ1n) is 30.2. The van der Waals surface area contributed by atoms with Gasteiger partial charge < -0.3 is 39.0 Å². The van der Waals surface area contributed by atoms with Crippen molar-refractivity contribution in [2.24, 2.45) is 0 Å². The first-order chi connectivity index (χ1) is 37.6. The molecule has 0 radical (unpaired) electrons. The van der Waals surface area contributed by atoms with Gasteiger partial charge in [0.05, 0.1) is 6.61 Å². The maximum Gasteiger partial charge on any atom is 0.335 e. The summed E-state index contributed by atoms with van der Waals surface area (Å²) in [5, 5.41) is 31.5. The van der Waals surface area contributed by atoms with Crippen molar-refractivity contribution in [1.29, 1.82) is 0 Å². The van der Waals surface area contributed by atoms with Crippen LogP contribution in [-0.2, 0) is 42.9 Å². The van der Waals surface area contributed by atoms with Crippen molar-refractivity contribution in [3.05, 3.63) is 97.2 Å². The van der Waals surface area contributed by atoms with Crippen LogP contribution in [0.2, 0.25) is 0 Å². The molecule has 0 bridgehead atoms. The number of carbonyl (C=O) groups excluding carboxylic acids is 3. The number of allylic oxidation sites excluding steroid dienone is 16. The van der Waals surface area contributed by atoms with Crippen LogP contribution in [0.25, 0.3) is 0 Å². The summed E-state index contributed by atoms with van der Waals surface area (Å²) in [4.78, 5) is 51.1. The Morgan fingerprint density at radius 3 is 1.31 bits per heavy atom. The van der Waals surface area contributed by atoms with Gasteiger partial charge in [-0.1, -0.05) is 214 Å². The number of ether oxygens (including phenoxy) is 5. The first-order valence-corrected chi connectivity index (χ1v) is 30.2. The number of aliphatic hydroxyl groups is 2. The topological polar surface area (TPSA) is 175 Å². The average Bonchev–Trinajstić information content (AvgIpc) is 3.42. The fourth-order valence-electron chi connectivity index (χ4n) is 8.57. The quantitative estimate of drug-likeness (QED) is 0.0228. The second-order valence-electron chi connectivity index (χ2n) is 20.2. The molecule has 1 saturated heterocycles. The van der Waals surface area contributed by atoms with Gasteiger partial charge in [-0.25, -0.2) is 4.79 Å². The van der Waals surface area contributed by atoms with Gasteiger partial charge in [0.2, 0.25) is 0 Å². The predicted molar refractivity (Wildman–Crippen MR) is 312 cm³/mol. The molecule has 1 aliphatic rings. The number of carboxylic acids is 1. The van der Waals surface area contributed by atoms with Crippen LogP contribution in [0.4, 0.5) is 0 Å². The lowest BCUT2D eigenvalue weighted by molar-refractivity contribution is -0.301. The van der Waals surface area contributed by atoms with Crippen LogP contribution in [0.3, 0.4) is 0 Å². The number of carbonyl (C=O) groups is 4. The molecule has 0 spiro atoms. The van der Waals surface area contributed by atoms with Crippen molar-refractivity contribution >= 4 is 23.9 Å². The lowest BCUT2D eigenvalue weighted by atomic mass is 9.98. The van der Waals surface area contributed by atoms with E-state index in [9.17, 15) is 34.5 Å². The minimum atomic E-state index is -1.93. The molecule has 1 rings (SSSR count). The Bertz CT molecular complexity index is 1710. The molecular formula is C65H106O12. The predicted octanol–water partition coefficient (Wildman–Crippen LogP) is 15.7. The number of rotatable bonds is 50. The summed E-state index contributed by atoms with van der Waals surface area (Å²) in [5.41, 5.74) is 0. The molecular weight excluding hydrogens is 973 g/mol. The summed E-state index contributed by atoms with van der Waals surface area (Å²) in [6.07, 6.45) is 56.8. The van der Waals surface area contributed by atoms with Gasteiger partial charge in [0.1, 0.15) is 18.8 Å². The molecule has 3 N–H and O–H groups in total. The van der Waals surface area contributed by atoms with Crippen molar-refractivity contribution in [3.63, 3.8) is 0 Å². The number of hydrogen-bond donors (Lipinski definition) is 3. The molecule has 12 heteroatoms. The highest BCUT2D eigenvalue weighted by molar-refractivity contribution is 5.74. The molecule has 12 nitrogen and oxygen atoms in total. The fraction of sp³-hybridized carbons (Fsp3) is 0.692. The number of unbranched alkanes of at least 4 members (excludes halogenated alkanes) is 20. The van der Waals surface area contributed by atoms with Crippen LogP contribution in [0.1, 0.15) is 239 Å². The summed E-state index contributed by atoms with van der Waals surface area (Å²) >= 11 is 0. The van der Waals surface area contributed by atoms with Crippen molar-refractivity contribution in [2.75, 3.05) is 13.2 Å². The molecule has 0 aromatic carbocycles. The Hall–Kier alpha value is -4.36. The van der Waals surface area contributed by atoms with E-state index >= 15 is 0 Å². The smallest absolute Gasteiger partial charge is 0.335 e. The van der Waals surface area contributed by atoms with Crippen LogP contribution in [0.15, 0.2) is 97.2 Å². The first kappa shape index (κ1) is 70.7. The van der Waals surface area contributed by atoms with E-state index in [1.165, 1.54) is 64.2 Å². The SMILES string of the molecule is CC/C=C\C/C=C\C/C=C\C/C=C\CCC(=O)OC1C(OCC(COC(=O)CCCCCCCCC/C=C\C/C=C\C/C=C\CC)OC(=O)CCCCCCCCC/C=C\CCCCCCCC)OC(C(=O)O)C(O)C1O. The fourth-order valence-corrected chi connectivity index (χ4v) is 8.57. The molecule has 0 aromatic heterocycles. The van der Waals surface area contributed by atoms with Gasteiger partial charge in [0.15, 0.2) is 24.6 Å². The Labute approximate surface area is 466 Å². The van der Waals surface area contributed by atoms with E-state index in [1.807, 2.05) is 18.2 Å². The summed E-state index contributed by atoms with van der Waals surface area (Å²) < 4.78 is 28.3. The Balaban J connectivity index is 2.72. The summed E-state index contributed by atoms with van der Waals surface area (Å²) in [5.74, 6) is -3.25. The third-order valence-corrected chi connectivity index (χ3v) is 13.1. The minimum Gasteiger partial charge on any atom is -0.479 e. The Morgan fingerprint density at radius 2 is 0.844 bits per heavy atom. The van der Waals surface area contributed by atoms with E-state index in [-0.39, 0.29) is 25.9 Å². The highest BCUT2D eigenvalue weighted by atomic mass is 16.7.